The lowest BCUT2D eigenvalue weighted by Crippen LogP contribution is -2.23. The third-order valence-corrected chi connectivity index (χ3v) is 7.35. The van der Waals surface area contributed by atoms with Gasteiger partial charge in [-0.25, -0.2) is 4.98 Å². The number of hydrogen-bond acceptors (Lipinski definition) is 5. The average molecular weight is 504 g/mol. The molecule has 0 atom stereocenters. The Morgan fingerprint density at radius 1 is 0.842 bits per heavy atom. The van der Waals surface area contributed by atoms with Crippen LogP contribution in [0.3, 0.4) is 0 Å². The molecule has 0 fully saturated rings. The normalized spacial score (nSPS) is 13.3. The summed E-state index contributed by atoms with van der Waals surface area (Å²) < 4.78 is 8.66. The zero-order chi connectivity index (χ0) is 26.6. The van der Waals surface area contributed by atoms with E-state index in [0.29, 0.717) is 0 Å². The van der Waals surface area contributed by atoms with Gasteiger partial charge in [-0.05, 0) is 61.2 Å². The average Bonchev–Trinajstić information content (AvgIpc) is 3.39. The van der Waals surface area contributed by atoms with Gasteiger partial charge in [-0.3, -0.25) is 9.38 Å². The van der Waals surface area contributed by atoms with E-state index in [0.717, 1.165) is 52.3 Å². The second-order valence-electron chi connectivity index (χ2n) is 11.1. The van der Waals surface area contributed by atoms with E-state index in [1.807, 2.05) is 31.3 Å². The molecule has 5 aromatic rings. The van der Waals surface area contributed by atoms with Gasteiger partial charge in [-0.2, -0.15) is 0 Å². The second-order valence-corrected chi connectivity index (χ2v) is 11.1. The van der Waals surface area contributed by atoms with Crippen LogP contribution in [0.1, 0.15) is 37.7 Å². The number of para-hydroxylation sites is 2. The van der Waals surface area contributed by atoms with Crippen molar-refractivity contribution in [3.63, 3.8) is 0 Å². The number of hydrogen-bond donors (Lipinski definition) is 0. The summed E-state index contributed by atoms with van der Waals surface area (Å²) in [6, 6.07) is 25.1. The first-order valence-electron chi connectivity index (χ1n) is 13.0. The maximum Gasteiger partial charge on any atom is 0.141 e. The molecule has 0 saturated carbocycles. The maximum absolute atomic E-state index is 6.49. The Kier molecular flexibility index (Phi) is 5.64. The van der Waals surface area contributed by atoms with Crippen LogP contribution in [0.4, 0.5) is 17.1 Å². The number of fused-ring (bicyclic) bond motifs is 2. The number of anilines is 3. The van der Waals surface area contributed by atoms with Crippen LogP contribution in [-0.4, -0.2) is 28.1 Å². The predicted molar refractivity (Wildman–Crippen MR) is 155 cm³/mol. The summed E-state index contributed by atoms with van der Waals surface area (Å²) in [6.07, 6.45) is 1.89. The van der Waals surface area contributed by atoms with Crippen LogP contribution < -0.4 is 14.5 Å². The molecule has 1 aliphatic rings. The predicted octanol–water partition coefficient (Wildman–Crippen LogP) is 7.65. The Morgan fingerprint density at radius 3 is 2.42 bits per heavy atom. The Morgan fingerprint density at radius 2 is 1.63 bits per heavy atom. The van der Waals surface area contributed by atoms with Crippen LogP contribution in [0.25, 0.3) is 17.0 Å². The third kappa shape index (κ3) is 4.16. The third-order valence-electron chi connectivity index (χ3n) is 7.35. The van der Waals surface area contributed by atoms with Crippen molar-refractivity contribution >= 4 is 22.7 Å². The van der Waals surface area contributed by atoms with E-state index in [1.165, 1.54) is 16.9 Å². The molecule has 0 bridgehead atoms. The number of pyridine rings is 2. The van der Waals surface area contributed by atoms with Crippen molar-refractivity contribution in [3.05, 3.63) is 95.9 Å². The highest BCUT2D eigenvalue weighted by Crippen LogP contribution is 2.41. The van der Waals surface area contributed by atoms with Gasteiger partial charge in [0.25, 0.3) is 0 Å². The zero-order valence-electron chi connectivity index (χ0n) is 22.9. The summed E-state index contributed by atoms with van der Waals surface area (Å²) in [5, 5.41) is 0. The lowest BCUT2D eigenvalue weighted by molar-refractivity contribution is 0.482. The monoisotopic (exact) mass is 503 g/mol. The standard InChI is InChI=1S/C32H33N5O/c1-21-22(2)37-30(27-16-23(14-15-33-27)32(3,4)5)18-26(19-31(37)34-21)38-25-11-9-10-24(17-25)36-20-35(6)28-12-7-8-13-29(28)36/h7-19H,20H2,1-6H3. The Hall–Kier alpha value is -4.32. The molecular formula is C32H33N5O. The molecule has 0 spiro atoms. The van der Waals surface area contributed by atoms with Gasteiger partial charge in [0, 0.05) is 42.8 Å². The summed E-state index contributed by atoms with van der Waals surface area (Å²) >= 11 is 0. The number of benzene rings is 2. The van der Waals surface area contributed by atoms with E-state index < -0.39 is 0 Å². The number of ether oxygens (including phenoxy) is 1. The minimum atomic E-state index is 0.0213. The van der Waals surface area contributed by atoms with Crippen LogP contribution >= 0.6 is 0 Å². The van der Waals surface area contributed by atoms with Gasteiger partial charge in [-0.1, -0.05) is 39.0 Å². The van der Waals surface area contributed by atoms with Gasteiger partial charge in [0.1, 0.15) is 17.1 Å². The minimum absolute atomic E-state index is 0.0213. The first-order valence-corrected chi connectivity index (χ1v) is 13.0. The molecule has 0 aliphatic carbocycles. The molecule has 3 aromatic heterocycles. The van der Waals surface area contributed by atoms with Crippen molar-refractivity contribution in [1.29, 1.82) is 0 Å². The molecule has 0 saturated heterocycles. The van der Waals surface area contributed by atoms with Gasteiger partial charge >= 0.3 is 0 Å². The lowest BCUT2D eigenvalue weighted by Gasteiger charge is -2.21. The summed E-state index contributed by atoms with van der Waals surface area (Å²) in [5.74, 6) is 1.51. The van der Waals surface area contributed by atoms with E-state index in [9.17, 15) is 0 Å². The van der Waals surface area contributed by atoms with Crippen LogP contribution in [-0.2, 0) is 5.41 Å². The van der Waals surface area contributed by atoms with Crippen LogP contribution in [0.15, 0.2) is 79.0 Å². The van der Waals surface area contributed by atoms with Crippen LogP contribution in [0, 0.1) is 13.8 Å². The van der Waals surface area contributed by atoms with Crippen molar-refractivity contribution in [1.82, 2.24) is 14.4 Å². The molecular weight excluding hydrogens is 470 g/mol. The molecule has 4 heterocycles. The van der Waals surface area contributed by atoms with Crippen molar-refractivity contribution in [2.45, 2.75) is 40.0 Å². The Labute approximate surface area is 224 Å². The van der Waals surface area contributed by atoms with Gasteiger partial charge in [0.2, 0.25) is 0 Å². The summed E-state index contributed by atoms with van der Waals surface area (Å²) in [6.45, 7) is 11.6. The highest BCUT2D eigenvalue weighted by Gasteiger charge is 2.24. The van der Waals surface area contributed by atoms with E-state index in [2.05, 4.69) is 104 Å². The largest absolute Gasteiger partial charge is 0.457 e. The molecule has 0 radical (unpaired) electrons. The Bertz CT molecular complexity index is 1660. The summed E-state index contributed by atoms with van der Waals surface area (Å²) in [7, 11) is 2.12. The van der Waals surface area contributed by atoms with Crippen molar-refractivity contribution < 1.29 is 4.74 Å². The van der Waals surface area contributed by atoms with Crippen LogP contribution in [0.5, 0.6) is 11.5 Å². The molecule has 192 valence electrons. The second kappa shape index (κ2) is 8.91. The molecule has 0 unspecified atom stereocenters. The van der Waals surface area contributed by atoms with Crippen LogP contribution in [0.2, 0.25) is 0 Å². The molecule has 2 aromatic carbocycles. The number of rotatable bonds is 4. The van der Waals surface area contributed by atoms with Crippen molar-refractivity contribution in [3.8, 4) is 22.9 Å². The van der Waals surface area contributed by atoms with E-state index >= 15 is 0 Å². The smallest absolute Gasteiger partial charge is 0.141 e. The van der Waals surface area contributed by atoms with Crippen molar-refractivity contribution in [2.75, 3.05) is 23.5 Å². The molecule has 6 rings (SSSR count). The molecule has 38 heavy (non-hydrogen) atoms. The number of aryl methyl sites for hydroxylation is 2. The summed E-state index contributed by atoms with van der Waals surface area (Å²) in [4.78, 5) is 14.1. The fourth-order valence-electron chi connectivity index (χ4n) is 5.14. The van der Waals surface area contributed by atoms with Crippen molar-refractivity contribution in [2.24, 2.45) is 0 Å². The van der Waals surface area contributed by atoms with Gasteiger partial charge in [-0.15, -0.1) is 0 Å². The van der Waals surface area contributed by atoms with Gasteiger partial charge in [0.15, 0.2) is 0 Å². The molecule has 0 N–H and O–H groups in total. The highest BCUT2D eigenvalue weighted by molar-refractivity contribution is 5.82. The van der Waals surface area contributed by atoms with E-state index in [-0.39, 0.29) is 5.41 Å². The number of nitrogens with zero attached hydrogens (tertiary/aromatic N) is 5. The lowest BCUT2D eigenvalue weighted by atomic mass is 9.87. The quantitative estimate of drug-likeness (QED) is 0.252. The maximum atomic E-state index is 6.49. The zero-order valence-corrected chi connectivity index (χ0v) is 22.9. The summed E-state index contributed by atoms with van der Waals surface area (Å²) in [5.41, 5.74) is 9.58. The number of imidazole rings is 1. The molecule has 0 amide bonds. The fourth-order valence-corrected chi connectivity index (χ4v) is 5.14. The van der Waals surface area contributed by atoms with Gasteiger partial charge in [0.05, 0.1) is 35.1 Å². The molecule has 1 aliphatic heterocycles. The Balaban J connectivity index is 1.40. The first kappa shape index (κ1) is 24.0. The minimum Gasteiger partial charge on any atom is -0.457 e. The van der Waals surface area contributed by atoms with E-state index in [4.69, 9.17) is 14.7 Å². The first-order chi connectivity index (χ1) is 18.2. The van der Waals surface area contributed by atoms with Gasteiger partial charge < -0.3 is 14.5 Å². The molecule has 6 nitrogen and oxygen atoms in total. The van der Waals surface area contributed by atoms with E-state index in [1.54, 1.807) is 0 Å². The highest BCUT2D eigenvalue weighted by atomic mass is 16.5. The fraction of sp³-hybridized carbons (Fsp3) is 0.250. The SMILES string of the molecule is Cc1nc2cc(Oc3cccc(N4CN(C)c5ccccc54)c3)cc(-c3cc(C(C)(C)C)ccn3)n2c1C. The molecule has 6 heteroatoms. The topological polar surface area (TPSA) is 45.9 Å². The number of aromatic nitrogens is 3.